The minimum atomic E-state index is -2.55. The van der Waals surface area contributed by atoms with Gasteiger partial charge in [0.1, 0.15) is 262 Å². The number of aliphatic hydroxyl groups excluding tert-OH is 33. The van der Waals surface area contributed by atoms with Crippen LogP contribution in [0.3, 0.4) is 0 Å². The number of ether oxygens (including phenoxy) is 23. The average Bonchev–Trinajstić information content (AvgIpc) is 0.772. The molecule has 0 aliphatic carbocycles. The van der Waals surface area contributed by atoms with Crippen molar-refractivity contribution in [3.8, 4) is 0 Å². The van der Waals surface area contributed by atoms with Crippen molar-refractivity contribution in [3.05, 3.63) is 0 Å². The van der Waals surface area contributed by atoms with Crippen LogP contribution in [0.25, 0.3) is 0 Å². The van der Waals surface area contributed by atoms with Crippen molar-refractivity contribution in [1.29, 1.82) is 0 Å². The molecule has 123 heavy (non-hydrogen) atoms. The standard InChI is InChI=1S/C67H112O56/c68-1-18-50(32(82)38(88)56(100)111-18)118-64-46(96)35(85)54(23(114-64)11-109-60-42(92)28(78)16(73)6-104-60)122-67-49(99)37(87)55(24(117-67)12-110-61-43(93)29(79)17(74)7-105-61)123-66-48(98)36(86)53(22(116-66)10-108-59-41(91)27(77)15(72)5-103-59)121-63-45(95)33(83)51(19(2-69)112-63)119-65-47(97)34(84)52(21(115-65)9-107-58-40(90)26(76)14(71)4-102-58)120-62-44(94)31(81)30(80)20(113-62)8-106-57-39(89)25(75)13(70)3-101-57/h13-100H,1-12H2/t13-,14-,15-,16-,17-,18-,19-,20-,21-,22-,23-,24-,25+,26+,27+,28+,29+,30-,31+,32-,33-,34-,35-,36-,37-,38-,39-,40-,41-,42-,43-,44-,45-,46-,47-,48-,49-,50-,51-,52-,53-,54-,55-,56?,57-,58-,59-,60-,61-,62+,63+,64+,65+,66+,67+/m1/s1. The smallest absolute Gasteiger partial charge is 0.187 e. The first-order chi connectivity index (χ1) is 58.2. The fourth-order valence-corrected chi connectivity index (χ4v) is 15.5. The Hall–Kier alpha value is -2.24. The Labute approximate surface area is 693 Å². The molecule has 0 amide bonds. The van der Waals surface area contributed by atoms with Crippen LogP contribution in [0.5, 0.6) is 0 Å². The van der Waals surface area contributed by atoms with E-state index in [9.17, 15) is 169 Å². The molecule has 0 aromatic rings. The maximum atomic E-state index is 12.3. The van der Waals surface area contributed by atoms with E-state index in [-0.39, 0.29) is 0 Å². The molecule has 12 heterocycles. The third-order valence-electron chi connectivity index (χ3n) is 23.0. The summed E-state index contributed by atoms with van der Waals surface area (Å²) in [5.41, 5.74) is 0. The van der Waals surface area contributed by atoms with E-state index >= 15 is 0 Å². The Bertz CT molecular complexity index is 3180. The van der Waals surface area contributed by atoms with E-state index in [2.05, 4.69) is 0 Å². The van der Waals surface area contributed by atoms with E-state index < -0.39 is 417 Å². The second-order valence-corrected chi connectivity index (χ2v) is 31.6. The number of rotatable bonds is 29. The van der Waals surface area contributed by atoms with Crippen LogP contribution in [0.4, 0.5) is 0 Å². The lowest BCUT2D eigenvalue weighted by Gasteiger charge is -2.50. The summed E-state index contributed by atoms with van der Waals surface area (Å²) in [5.74, 6) is 0. The lowest BCUT2D eigenvalue weighted by molar-refractivity contribution is -0.402. The first kappa shape index (κ1) is 99.8. The van der Waals surface area contributed by atoms with Crippen LogP contribution in [0.15, 0.2) is 0 Å². The molecule has 0 spiro atoms. The Morgan fingerprint density at radius 1 is 0.171 bits per heavy atom. The van der Waals surface area contributed by atoms with E-state index in [1.807, 2.05) is 0 Å². The molecule has 12 aliphatic rings. The second-order valence-electron chi connectivity index (χ2n) is 31.6. The third-order valence-corrected chi connectivity index (χ3v) is 23.0. The predicted octanol–water partition coefficient (Wildman–Crippen LogP) is -24.0. The monoisotopic (exact) mass is 1810 g/mol. The van der Waals surface area contributed by atoms with Gasteiger partial charge in [0.15, 0.2) is 75.5 Å². The minimum absolute atomic E-state index is 0.530. The van der Waals surface area contributed by atoms with E-state index in [0.29, 0.717) is 0 Å². The maximum absolute atomic E-state index is 12.3. The van der Waals surface area contributed by atoms with Crippen LogP contribution >= 0.6 is 0 Å². The molecule has 1 unspecified atom stereocenters. The number of aliphatic hydroxyl groups is 33. The van der Waals surface area contributed by atoms with Gasteiger partial charge in [-0.1, -0.05) is 0 Å². The van der Waals surface area contributed by atoms with Crippen LogP contribution in [-0.2, 0) is 109 Å². The molecule has 56 nitrogen and oxygen atoms in total. The highest BCUT2D eigenvalue weighted by molar-refractivity contribution is 5.03. The van der Waals surface area contributed by atoms with Crippen molar-refractivity contribution in [2.45, 2.75) is 338 Å². The van der Waals surface area contributed by atoms with Crippen molar-refractivity contribution < 1.29 is 277 Å². The van der Waals surface area contributed by atoms with E-state index in [1.165, 1.54) is 0 Å². The lowest BCUT2D eigenvalue weighted by atomic mass is 9.95. The molecule has 716 valence electrons. The molecule has 12 saturated heterocycles. The fraction of sp³-hybridized carbons (Fsp3) is 1.00. The maximum Gasteiger partial charge on any atom is 0.187 e. The van der Waals surface area contributed by atoms with Crippen molar-refractivity contribution in [2.75, 3.05) is 79.3 Å². The predicted molar refractivity (Wildman–Crippen MR) is 365 cm³/mol. The minimum Gasteiger partial charge on any atom is -0.394 e. The molecule has 12 fully saturated rings. The Morgan fingerprint density at radius 3 is 0.585 bits per heavy atom. The third kappa shape index (κ3) is 21.8. The van der Waals surface area contributed by atoms with Gasteiger partial charge in [-0.2, -0.15) is 0 Å². The zero-order valence-electron chi connectivity index (χ0n) is 64.4. The Morgan fingerprint density at radius 2 is 0.350 bits per heavy atom. The molecular weight excluding hydrogens is 1700 g/mol. The van der Waals surface area contributed by atoms with Gasteiger partial charge in [-0.3, -0.25) is 0 Å². The first-order valence-electron chi connectivity index (χ1n) is 39.2. The quantitative estimate of drug-likeness (QED) is 0.0331. The summed E-state index contributed by atoms with van der Waals surface area (Å²) in [7, 11) is 0. The van der Waals surface area contributed by atoms with Gasteiger partial charge in [-0.05, 0) is 0 Å². The largest absolute Gasteiger partial charge is 0.394 e. The van der Waals surface area contributed by atoms with Crippen LogP contribution in [-0.4, -0.2) is 586 Å². The molecule has 12 rings (SSSR count). The average molecular weight is 1810 g/mol. The van der Waals surface area contributed by atoms with E-state index in [0.717, 1.165) is 0 Å². The molecule has 0 aromatic carbocycles. The Kier molecular flexibility index (Phi) is 35.0. The van der Waals surface area contributed by atoms with Crippen LogP contribution in [0.1, 0.15) is 0 Å². The molecule has 12 aliphatic heterocycles. The molecule has 0 bridgehead atoms. The van der Waals surface area contributed by atoms with Crippen LogP contribution < -0.4 is 0 Å². The molecule has 0 radical (unpaired) electrons. The lowest BCUT2D eigenvalue weighted by Crippen LogP contribution is -2.69. The van der Waals surface area contributed by atoms with Gasteiger partial charge in [0, 0.05) is 0 Å². The molecule has 33 N–H and O–H groups in total. The van der Waals surface area contributed by atoms with E-state index in [4.69, 9.17) is 109 Å². The second kappa shape index (κ2) is 43.2. The van der Waals surface area contributed by atoms with Crippen molar-refractivity contribution in [2.24, 2.45) is 0 Å². The van der Waals surface area contributed by atoms with Gasteiger partial charge in [0.2, 0.25) is 0 Å². The Balaban J connectivity index is 0.770. The van der Waals surface area contributed by atoms with Gasteiger partial charge in [-0.25, -0.2) is 0 Å². The summed E-state index contributed by atoms with van der Waals surface area (Å²) in [6.45, 7) is -10.3. The molecular formula is C67H112O56. The normalized spacial score (nSPS) is 54.2. The summed E-state index contributed by atoms with van der Waals surface area (Å²) >= 11 is 0. The molecule has 55 atom stereocenters. The highest BCUT2D eigenvalue weighted by Gasteiger charge is 2.61. The van der Waals surface area contributed by atoms with Crippen molar-refractivity contribution in [1.82, 2.24) is 0 Å². The van der Waals surface area contributed by atoms with Gasteiger partial charge < -0.3 is 277 Å². The van der Waals surface area contributed by atoms with Gasteiger partial charge >= 0.3 is 0 Å². The highest BCUT2D eigenvalue weighted by atomic mass is 16.8. The molecule has 0 saturated carbocycles. The number of hydrogen-bond acceptors (Lipinski definition) is 56. The summed E-state index contributed by atoms with van der Waals surface area (Å²) in [4.78, 5) is 0. The van der Waals surface area contributed by atoms with Gasteiger partial charge in [-0.15, -0.1) is 0 Å². The molecule has 0 aromatic heterocycles. The van der Waals surface area contributed by atoms with Crippen LogP contribution in [0.2, 0.25) is 0 Å². The topological polar surface area (TPSA) is 880 Å². The molecule has 56 heteroatoms. The number of hydrogen-bond donors (Lipinski definition) is 33. The fourth-order valence-electron chi connectivity index (χ4n) is 15.5. The SMILES string of the molecule is OC[C@H]1O[C@@H](O[C@H]2[C@H](O)[C@@H](O)[C@H](O[C@H]3[C@H](O)[C@@H](O)[C@H](O[C@H]4[C@H](O)[C@@H](O)[C@H](O[C@H]5[C@H](O)[C@@H](O)C(O)O[C@@H]5CO)O[C@@H]4CO[C@H]4OC[C@@H](O)[C@H](O)[C@H]4O)O[C@@H]3CO[C@H]3OC[C@@H](O)[C@H](O)[C@H]3O)O[C@@H]2CO[C@H]2OC[C@@H](O)[C@H](O)[C@H]2O)[C@H](O)[C@@H](O)[C@@H]1O[C@@H]1O[C@H](CO[C@H]2OC[C@@H](O)[C@H](O)[C@H]2O)[C@@H](O[C@@H]2O[C@H](CO[C@H]3OC[C@@H](O)[C@H](O)[C@H]3O)[C@@H](O)[C@H](O)[C@H]2O)[C@H](O)[C@H]1O. The zero-order valence-corrected chi connectivity index (χ0v) is 64.4. The summed E-state index contributed by atoms with van der Waals surface area (Å²) in [6, 6.07) is 0. The van der Waals surface area contributed by atoms with Crippen molar-refractivity contribution in [3.63, 3.8) is 0 Å². The first-order valence-corrected chi connectivity index (χ1v) is 39.2. The van der Waals surface area contributed by atoms with Crippen LogP contribution in [0, 0.1) is 0 Å². The summed E-state index contributed by atoms with van der Waals surface area (Å²) in [6.07, 6.45) is -114. The van der Waals surface area contributed by atoms with Gasteiger partial charge in [0.25, 0.3) is 0 Å². The summed E-state index contributed by atoms with van der Waals surface area (Å²) < 4.78 is 132. The van der Waals surface area contributed by atoms with Gasteiger partial charge in [0.05, 0.1) is 79.3 Å². The zero-order chi connectivity index (χ0) is 89.5. The summed E-state index contributed by atoms with van der Waals surface area (Å²) in [5, 5.41) is 362. The highest BCUT2D eigenvalue weighted by Crippen LogP contribution is 2.40. The van der Waals surface area contributed by atoms with E-state index in [1.54, 1.807) is 0 Å². The van der Waals surface area contributed by atoms with Crippen molar-refractivity contribution >= 4 is 0 Å².